The molecule has 1 aliphatic rings. The average Bonchev–Trinajstić information content (AvgIpc) is 2.30. The summed E-state index contributed by atoms with van der Waals surface area (Å²) >= 11 is 0. The molecule has 0 spiro atoms. The van der Waals surface area contributed by atoms with Crippen molar-refractivity contribution < 1.29 is 4.21 Å². The number of pyridine rings is 1. The number of piperidine rings is 1. The fraction of sp³-hybridized carbons (Fsp3) is 0.500. The predicted octanol–water partition coefficient (Wildman–Crippen LogP) is 0.941. The van der Waals surface area contributed by atoms with Crippen molar-refractivity contribution >= 4 is 10.8 Å². The Morgan fingerprint density at radius 1 is 1.36 bits per heavy atom. The van der Waals surface area contributed by atoms with Crippen molar-refractivity contribution in [1.82, 2.24) is 10.3 Å². The Hall–Kier alpha value is -0.740. The van der Waals surface area contributed by atoms with E-state index < -0.39 is 10.8 Å². The summed E-state index contributed by atoms with van der Waals surface area (Å²) in [7, 11) is -0.921. The number of hydrogen-bond acceptors (Lipinski definition) is 3. The van der Waals surface area contributed by atoms with Crippen LogP contribution in [0.1, 0.15) is 12.8 Å². The van der Waals surface area contributed by atoms with Gasteiger partial charge in [0.05, 0.1) is 10.8 Å². The molecule has 0 radical (unpaired) electrons. The van der Waals surface area contributed by atoms with E-state index in [1.54, 1.807) is 6.20 Å². The van der Waals surface area contributed by atoms with Gasteiger partial charge < -0.3 is 5.32 Å². The lowest BCUT2D eigenvalue weighted by atomic mass is 10.2. The van der Waals surface area contributed by atoms with Crippen molar-refractivity contribution in [1.29, 1.82) is 0 Å². The van der Waals surface area contributed by atoms with Crippen LogP contribution in [0.2, 0.25) is 0 Å². The van der Waals surface area contributed by atoms with E-state index in [1.807, 2.05) is 18.2 Å². The van der Waals surface area contributed by atoms with E-state index in [1.165, 1.54) is 0 Å². The highest BCUT2D eigenvalue weighted by atomic mass is 32.2. The Bertz CT molecular complexity index is 309. The van der Waals surface area contributed by atoms with Crippen LogP contribution >= 0.6 is 0 Å². The molecule has 14 heavy (non-hydrogen) atoms. The molecule has 0 aliphatic carbocycles. The summed E-state index contributed by atoms with van der Waals surface area (Å²) in [5.41, 5.74) is 0. The lowest BCUT2D eigenvalue weighted by Gasteiger charge is -2.21. The van der Waals surface area contributed by atoms with Crippen molar-refractivity contribution in [3.8, 4) is 0 Å². The molecule has 1 atom stereocenters. The molecule has 0 aromatic carbocycles. The van der Waals surface area contributed by atoms with Gasteiger partial charge in [-0.2, -0.15) is 0 Å². The second kappa shape index (κ2) is 4.66. The third-order valence-corrected chi connectivity index (χ3v) is 4.16. The summed E-state index contributed by atoms with van der Waals surface area (Å²) in [6.45, 7) is 1.95. The Morgan fingerprint density at radius 3 is 2.79 bits per heavy atom. The number of nitrogens with zero attached hydrogens (tertiary/aromatic N) is 1. The van der Waals surface area contributed by atoms with Crippen molar-refractivity contribution in [3.63, 3.8) is 0 Å². The first-order valence-electron chi connectivity index (χ1n) is 4.90. The summed E-state index contributed by atoms with van der Waals surface area (Å²) in [6, 6.07) is 5.59. The van der Waals surface area contributed by atoms with Gasteiger partial charge in [0.2, 0.25) is 0 Å². The fourth-order valence-electron chi connectivity index (χ4n) is 1.65. The highest BCUT2D eigenvalue weighted by molar-refractivity contribution is 7.85. The van der Waals surface area contributed by atoms with Gasteiger partial charge in [0.1, 0.15) is 5.03 Å². The van der Waals surface area contributed by atoms with E-state index in [0.717, 1.165) is 31.0 Å². The second-order valence-corrected chi connectivity index (χ2v) is 5.09. The Morgan fingerprint density at radius 2 is 2.14 bits per heavy atom. The molecule has 0 amide bonds. The largest absolute Gasteiger partial charge is 0.317 e. The Balaban J connectivity index is 2.07. The minimum absolute atomic E-state index is 0.283. The molecule has 3 nitrogen and oxygen atoms in total. The topological polar surface area (TPSA) is 42.0 Å². The fourth-order valence-corrected chi connectivity index (χ4v) is 3.03. The van der Waals surface area contributed by atoms with Gasteiger partial charge in [-0.3, -0.25) is 4.21 Å². The molecule has 1 fully saturated rings. The zero-order valence-electron chi connectivity index (χ0n) is 7.98. The normalized spacial score (nSPS) is 20.6. The summed E-state index contributed by atoms with van der Waals surface area (Å²) in [4.78, 5) is 4.13. The summed E-state index contributed by atoms with van der Waals surface area (Å²) in [5, 5.41) is 4.27. The van der Waals surface area contributed by atoms with E-state index >= 15 is 0 Å². The second-order valence-electron chi connectivity index (χ2n) is 3.41. The zero-order valence-corrected chi connectivity index (χ0v) is 8.80. The Kier molecular flexibility index (Phi) is 3.26. The van der Waals surface area contributed by atoms with E-state index in [2.05, 4.69) is 10.3 Å². The monoisotopic (exact) mass is 210 g/mol. The lowest BCUT2D eigenvalue weighted by molar-refractivity contribution is 0.519. The van der Waals surface area contributed by atoms with Crippen LogP contribution < -0.4 is 5.32 Å². The van der Waals surface area contributed by atoms with Crippen LogP contribution in [0.15, 0.2) is 29.4 Å². The third-order valence-electron chi connectivity index (χ3n) is 2.43. The van der Waals surface area contributed by atoms with Crippen LogP contribution in [0.3, 0.4) is 0 Å². The van der Waals surface area contributed by atoms with E-state index in [0.29, 0.717) is 0 Å². The molecule has 1 aromatic rings. The maximum atomic E-state index is 12.0. The highest BCUT2D eigenvalue weighted by Gasteiger charge is 2.21. The standard InChI is InChI=1S/C10H14N2OS/c13-14(9-4-7-11-8-5-9)10-3-1-2-6-12-10/h1-3,6,9,11H,4-5,7-8H2/t14-/m0/s1. The van der Waals surface area contributed by atoms with Crippen molar-refractivity contribution in [2.45, 2.75) is 23.1 Å². The molecule has 1 aliphatic heterocycles. The highest BCUT2D eigenvalue weighted by Crippen LogP contribution is 2.15. The first-order valence-corrected chi connectivity index (χ1v) is 6.11. The van der Waals surface area contributed by atoms with E-state index in [4.69, 9.17) is 0 Å². The van der Waals surface area contributed by atoms with Crippen LogP contribution in [0.4, 0.5) is 0 Å². The molecule has 0 unspecified atom stereocenters. The third kappa shape index (κ3) is 2.19. The van der Waals surface area contributed by atoms with Gasteiger partial charge in [-0.15, -0.1) is 0 Å². The lowest BCUT2D eigenvalue weighted by Crippen LogP contribution is -2.33. The van der Waals surface area contributed by atoms with Gasteiger partial charge >= 0.3 is 0 Å². The predicted molar refractivity (Wildman–Crippen MR) is 56.5 cm³/mol. The number of hydrogen-bond donors (Lipinski definition) is 1. The molecule has 1 aromatic heterocycles. The molecule has 1 N–H and O–H groups in total. The molecule has 1 saturated heterocycles. The van der Waals surface area contributed by atoms with Crippen molar-refractivity contribution in [3.05, 3.63) is 24.4 Å². The molecule has 4 heteroatoms. The molecular formula is C10H14N2OS. The van der Waals surface area contributed by atoms with Crippen LogP contribution in [0.25, 0.3) is 0 Å². The van der Waals surface area contributed by atoms with Crippen LogP contribution in [-0.4, -0.2) is 27.5 Å². The number of rotatable bonds is 2. The summed E-state index contributed by atoms with van der Waals surface area (Å²) in [5.74, 6) is 0. The SMILES string of the molecule is O=[S@](c1ccccn1)C1CCNCC1. The van der Waals surface area contributed by atoms with Gasteiger partial charge in [-0.05, 0) is 38.1 Å². The minimum Gasteiger partial charge on any atom is -0.317 e. The van der Waals surface area contributed by atoms with E-state index in [9.17, 15) is 4.21 Å². The average molecular weight is 210 g/mol. The Labute approximate surface area is 86.4 Å². The van der Waals surface area contributed by atoms with Crippen LogP contribution in [-0.2, 0) is 10.8 Å². The minimum atomic E-state index is -0.921. The van der Waals surface area contributed by atoms with Crippen molar-refractivity contribution in [2.24, 2.45) is 0 Å². The van der Waals surface area contributed by atoms with Gasteiger partial charge in [0.15, 0.2) is 0 Å². The smallest absolute Gasteiger partial charge is 0.127 e. The van der Waals surface area contributed by atoms with Gasteiger partial charge in [0.25, 0.3) is 0 Å². The van der Waals surface area contributed by atoms with Gasteiger partial charge in [0, 0.05) is 11.4 Å². The molecule has 0 saturated carbocycles. The maximum absolute atomic E-state index is 12.0. The van der Waals surface area contributed by atoms with Crippen LogP contribution in [0.5, 0.6) is 0 Å². The first-order chi connectivity index (χ1) is 6.88. The zero-order chi connectivity index (χ0) is 9.80. The number of nitrogens with one attached hydrogen (secondary N) is 1. The van der Waals surface area contributed by atoms with Gasteiger partial charge in [-0.25, -0.2) is 4.98 Å². The van der Waals surface area contributed by atoms with E-state index in [-0.39, 0.29) is 5.25 Å². The van der Waals surface area contributed by atoms with Crippen molar-refractivity contribution in [2.75, 3.05) is 13.1 Å². The molecule has 2 rings (SSSR count). The van der Waals surface area contributed by atoms with Gasteiger partial charge in [-0.1, -0.05) is 6.07 Å². The summed E-state index contributed by atoms with van der Waals surface area (Å²) < 4.78 is 12.0. The molecule has 0 bridgehead atoms. The first kappa shape index (κ1) is 9.80. The molecule has 76 valence electrons. The number of aromatic nitrogens is 1. The molecular weight excluding hydrogens is 196 g/mol. The molecule has 2 heterocycles. The quantitative estimate of drug-likeness (QED) is 0.790. The van der Waals surface area contributed by atoms with Crippen LogP contribution in [0, 0.1) is 0 Å². The summed E-state index contributed by atoms with van der Waals surface area (Å²) in [6.07, 6.45) is 3.68. The maximum Gasteiger partial charge on any atom is 0.127 e.